The van der Waals surface area contributed by atoms with Gasteiger partial charge in [0.2, 0.25) is 0 Å². The molecule has 3 heteroatoms. The smallest absolute Gasteiger partial charge is 0.164 e. The first-order valence-corrected chi connectivity index (χ1v) is 3.27. The highest BCUT2D eigenvalue weighted by Crippen LogP contribution is 2.04. The van der Waals surface area contributed by atoms with Gasteiger partial charge in [-0.15, -0.1) is 0 Å². The molecule has 0 bridgehead atoms. The van der Waals surface area contributed by atoms with Gasteiger partial charge >= 0.3 is 0 Å². The SMILES string of the molecule is Bc1ccc2cc[nH]c2n1. The standard InChI is InChI=1S/C7H7BN2/c8-6-2-1-5-3-4-9-7(5)10-6/h1-4H,8H2,(H,9,10). The van der Waals surface area contributed by atoms with E-state index in [-0.39, 0.29) is 0 Å². The van der Waals surface area contributed by atoms with E-state index in [1.165, 1.54) is 5.39 Å². The van der Waals surface area contributed by atoms with Crippen LogP contribution in [-0.4, -0.2) is 17.8 Å². The lowest BCUT2D eigenvalue weighted by Crippen LogP contribution is -2.05. The van der Waals surface area contributed by atoms with Crippen LogP contribution in [0.25, 0.3) is 11.0 Å². The van der Waals surface area contributed by atoms with Crippen LogP contribution in [0, 0.1) is 0 Å². The van der Waals surface area contributed by atoms with Crippen molar-refractivity contribution in [3.05, 3.63) is 24.4 Å². The second-order valence-electron chi connectivity index (χ2n) is 2.37. The number of hydrogen-bond donors (Lipinski definition) is 1. The Hall–Kier alpha value is -1.25. The lowest BCUT2D eigenvalue weighted by Gasteiger charge is -1.89. The molecule has 2 aromatic heterocycles. The fraction of sp³-hybridized carbons (Fsp3) is 0. The summed E-state index contributed by atoms with van der Waals surface area (Å²) in [5.74, 6) is 0. The van der Waals surface area contributed by atoms with Crippen molar-refractivity contribution in [1.29, 1.82) is 0 Å². The third-order valence-corrected chi connectivity index (χ3v) is 1.55. The summed E-state index contributed by atoms with van der Waals surface area (Å²) in [5, 5.41) is 1.17. The maximum atomic E-state index is 4.28. The molecule has 2 aromatic rings. The fourth-order valence-electron chi connectivity index (χ4n) is 1.03. The monoisotopic (exact) mass is 130 g/mol. The minimum Gasteiger partial charge on any atom is -0.346 e. The maximum absolute atomic E-state index is 4.28. The van der Waals surface area contributed by atoms with Crippen LogP contribution in [0.2, 0.25) is 0 Å². The molecule has 0 saturated carbocycles. The molecule has 2 heterocycles. The number of nitrogens with zero attached hydrogens (tertiary/aromatic N) is 1. The second-order valence-corrected chi connectivity index (χ2v) is 2.37. The topological polar surface area (TPSA) is 28.7 Å². The van der Waals surface area contributed by atoms with Gasteiger partial charge in [-0.2, -0.15) is 0 Å². The summed E-state index contributed by atoms with van der Waals surface area (Å²) < 4.78 is 0. The lowest BCUT2D eigenvalue weighted by molar-refractivity contribution is 1.36. The third kappa shape index (κ3) is 0.710. The zero-order chi connectivity index (χ0) is 6.97. The molecular formula is C7H7BN2. The lowest BCUT2D eigenvalue weighted by atomic mass is 10.0. The molecule has 0 aromatic carbocycles. The van der Waals surface area contributed by atoms with Gasteiger partial charge in [0.15, 0.2) is 7.85 Å². The van der Waals surface area contributed by atoms with Crippen molar-refractivity contribution in [1.82, 2.24) is 9.97 Å². The van der Waals surface area contributed by atoms with E-state index in [9.17, 15) is 0 Å². The summed E-state index contributed by atoms with van der Waals surface area (Å²) in [6.07, 6.45) is 1.90. The Morgan fingerprint density at radius 1 is 1.30 bits per heavy atom. The van der Waals surface area contributed by atoms with E-state index < -0.39 is 0 Å². The van der Waals surface area contributed by atoms with E-state index in [1.807, 2.05) is 26.2 Å². The van der Waals surface area contributed by atoms with Gasteiger partial charge in [-0.05, 0) is 11.7 Å². The van der Waals surface area contributed by atoms with Crippen LogP contribution in [-0.2, 0) is 0 Å². The minimum absolute atomic E-state index is 0.972. The summed E-state index contributed by atoms with van der Waals surface area (Å²) in [5.41, 5.74) is 2.02. The molecular weight excluding hydrogens is 123 g/mol. The van der Waals surface area contributed by atoms with E-state index in [0.717, 1.165) is 11.2 Å². The molecule has 0 radical (unpaired) electrons. The van der Waals surface area contributed by atoms with Crippen LogP contribution in [0.3, 0.4) is 0 Å². The number of H-pyrrole nitrogens is 1. The summed E-state index contributed by atoms with van der Waals surface area (Å²) in [6.45, 7) is 0. The van der Waals surface area contributed by atoms with Crippen LogP contribution in [0.15, 0.2) is 24.4 Å². The van der Waals surface area contributed by atoms with Crippen molar-refractivity contribution in [3.63, 3.8) is 0 Å². The number of fused-ring (bicyclic) bond motifs is 1. The number of rotatable bonds is 0. The van der Waals surface area contributed by atoms with Gasteiger partial charge in [0.1, 0.15) is 5.65 Å². The zero-order valence-electron chi connectivity index (χ0n) is 5.76. The van der Waals surface area contributed by atoms with E-state index >= 15 is 0 Å². The van der Waals surface area contributed by atoms with Gasteiger partial charge in [0.05, 0.1) is 0 Å². The molecule has 1 N–H and O–H groups in total. The Balaban J connectivity index is 2.86. The quantitative estimate of drug-likeness (QED) is 0.492. The molecule has 0 unspecified atom stereocenters. The number of pyridine rings is 1. The summed E-state index contributed by atoms with van der Waals surface area (Å²) in [6, 6.07) is 6.09. The first kappa shape index (κ1) is 5.53. The molecule has 0 atom stereocenters. The van der Waals surface area contributed by atoms with E-state index in [1.54, 1.807) is 0 Å². The van der Waals surface area contributed by atoms with Crippen LogP contribution in [0.4, 0.5) is 0 Å². The van der Waals surface area contributed by atoms with Crippen molar-refractivity contribution in [2.75, 3.05) is 0 Å². The summed E-state index contributed by atoms with van der Waals surface area (Å²) >= 11 is 0. The maximum Gasteiger partial charge on any atom is 0.164 e. The highest BCUT2D eigenvalue weighted by atomic mass is 14.8. The Kier molecular flexibility index (Phi) is 1.03. The van der Waals surface area contributed by atoms with Crippen LogP contribution >= 0.6 is 0 Å². The molecule has 48 valence electrons. The molecule has 0 amide bonds. The van der Waals surface area contributed by atoms with E-state index in [0.29, 0.717) is 0 Å². The fourth-order valence-corrected chi connectivity index (χ4v) is 1.03. The molecule has 0 aliphatic carbocycles. The highest BCUT2D eigenvalue weighted by Gasteiger charge is 1.92. The Labute approximate surface area is 59.7 Å². The second kappa shape index (κ2) is 1.87. The normalized spacial score (nSPS) is 10.4. The zero-order valence-corrected chi connectivity index (χ0v) is 5.76. The number of aromatic nitrogens is 2. The minimum atomic E-state index is 0.972. The van der Waals surface area contributed by atoms with Crippen molar-refractivity contribution >= 4 is 24.5 Å². The predicted octanol–water partition coefficient (Wildman–Crippen LogP) is -0.179. The number of nitrogens with one attached hydrogen (secondary N) is 1. The van der Waals surface area contributed by atoms with Gasteiger partial charge in [-0.3, -0.25) is 0 Å². The molecule has 0 fully saturated rings. The largest absolute Gasteiger partial charge is 0.346 e. The predicted molar refractivity (Wildman–Crippen MR) is 44.3 cm³/mol. The number of aromatic amines is 1. The summed E-state index contributed by atoms with van der Waals surface area (Å²) in [7, 11) is 1.99. The first-order valence-electron chi connectivity index (χ1n) is 3.27. The van der Waals surface area contributed by atoms with Gasteiger partial charge in [0, 0.05) is 11.6 Å². The average molecular weight is 130 g/mol. The Morgan fingerprint density at radius 2 is 2.20 bits per heavy atom. The molecule has 10 heavy (non-hydrogen) atoms. The van der Waals surface area contributed by atoms with E-state index in [4.69, 9.17) is 0 Å². The Morgan fingerprint density at radius 3 is 3.10 bits per heavy atom. The third-order valence-electron chi connectivity index (χ3n) is 1.55. The number of hydrogen-bond acceptors (Lipinski definition) is 1. The van der Waals surface area contributed by atoms with Crippen molar-refractivity contribution in [2.24, 2.45) is 0 Å². The first-order chi connectivity index (χ1) is 4.86. The average Bonchev–Trinajstić information content (AvgIpc) is 2.33. The van der Waals surface area contributed by atoms with Crippen molar-refractivity contribution in [2.45, 2.75) is 0 Å². The van der Waals surface area contributed by atoms with Gasteiger partial charge in [0.25, 0.3) is 0 Å². The Bertz CT molecular complexity index is 353. The molecule has 2 rings (SSSR count). The van der Waals surface area contributed by atoms with Crippen LogP contribution < -0.4 is 5.59 Å². The van der Waals surface area contributed by atoms with Gasteiger partial charge < -0.3 is 4.98 Å². The molecule has 2 nitrogen and oxygen atoms in total. The van der Waals surface area contributed by atoms with Crippen molar-refractivity contribution in [3.8, 4) is 0 Å². The molecule has 0 aliphatic rings. The summed E-state index contributed by atoms with van der Waals surface area (Å²) in [4.78, 5) is 7.33. The van der Waals surface area contributed by atoms with Crippen LogP contribution in [0.1, 0.15) is 0 Å². The highest BCUT2D eigenvalue weighted by molar-refractivity contribution is 6.31. The van der Waals surface area contributed by atoms with Gasteiger partial charge in [-0.1, -0.05) is 12.1 Å². The molecule has 0 saturated heterocycles. The van der Waals surface area contributed by atoms with E-state index in [2.05, 4.69) is 16.0 Å². The van der Waals surface area contributed by atoms with Crippen molar-refractivity contribution < 1.29 is 0 Å². The van der Waals surface area contributed by atoms with Crippen LogP contribution in [0.5, 0.6) is 0 Å². The molecule has 0 aliphatic heterocycles. The molecule has 0 spiro atoms. The van der Waals surface area contributed by atoms with Gasteiger partial charge in [-0.25, -0.2) is 4.98 Å².